The minimum absolute atomic E-state index is 0.657. The zero-order valence-electron chi connectivity index (χ0n) is 16.7. The summed E-state index contributed by atoms with van der Waals surface area (Å²) >= 11 is 0. The van der Waals surface area contributed by atoms with E-state index in [1.165, 1.54) is 5.69 Å². The van der Waals surface area contributed by atoms with E-state index in [2.05, 4.69) is 65.8 Å². The molecule has 1 aliphatic rings. The number of nitrogens with one attached hydrogen (secondary N) is 2. The summed E-state index contributed by atoms with van der Waals surface area (Å²) in [6, 6.07) is 14.4. The zero-order chi connectivity index (χ0) is 20.6. The van der Waals surface area contributed by atoms with Crippen molar-refractivity contribution in [2.24, 2.45) is 0 Å². The summed E-state index contributed by atoms with van der Waals surface area (Å²) < 4.78 is 7.24. The van der Waals surface area contributed by atoms with Crippen molar-refractivity contribution in [1.82, 2.24) is 29.8 Å². The average Bonchev–Trinajstić information content (AvgIpc) is 3.50. The molecular formula is C22H20N8O. The summed E-state index contributed by atoms with van der Waals surface area (Å²) in [4.78, 5) is 11.4. The van der Waals surface area contributed by atoms with Gasteiger partial charge in [-0.05, 0) is 36.4 Å². The van der Waals surface area contributed by atoms with Gasteiger partial charge < -0.3 is 15.0 Å². The second-order valence-electron chi connectivity index (χ2n) is 7.43. The lowest BCUT2D eigenvalue weighted by atomic mass is 10.1. The van der Waals surface area contributed by atoms with Crippen LogP contribution in [0, 0.1) is 0 Å². The van der Waals surface area contributed by atoms with Crippen LogP contribution in [0.25, 0.3) is 27.8 Å². The Labute approximate surface area is 177 Å². The van der Waals surface area contributed by atoms with Gasteiger partial charge in [-0.15, -0.1) is 0 Å². The SMILES string of the molecule is c1nc2c(Nc3ccc(N4CCOCC4)cc3)ncc(-c3ccc4[nH]ncc4c3)n2n1. The van der Waals surface area contributed by atoms with Crippen LogP contribution >= 0.6 is 0 Å². The normalized spacial score (nSPS) is 14.4. The minimum atomic E-state index is 0.657. The van der Waals surface area contributed by atoms with Gasteiger partial charge in [-0.3, -0.25) is 5.10 Å². The molecule has 2 N–H and O–H groups in total. The Kier molecular flexibility index (Phi) is 4.24. The molecule has 31 heavy (non-hydrogen) atoms. The second kappa shape index (κ2) is 7.37. The summed E-state index contributed by atoms with van der Waals surface area (Å²) in [5, 5.41) is 15.9. The van der Waals surface area contributed by atoms with E-state index in [4.69, 9.17) is 4.74 Å². The zero-order valence-corrected chi connectivity index (χ0v) is 16.7. The molecule has 6 rings (SSSR count). The number of morpholine rings is 1. The Bertz CT molecular complexity index is 1350. The third-order valence-corrected chi connectivity index (χ3v) is 5.55. The molecule has 2 aromatic carbocycles. The topological polar surface area (TPSA) is 96.3 Å². The molecule has 0 radical (unpaired) electrons. The monoisotopic (exact) mass is 412 g/mol. The van der Waals surface area contributed by atoms with Crippen LogP contribution in [-0.4, -0.2) is 56.1 Å². The summed E-state index contributed by atoms with van der Waals surface area (Å²) in [5.41, 5.74) is 5.66. The number of hydrogen-bond donors (Lipinski definition) is 2. The van der Waals surface area contributed by atoms with Gasteiger partial charge in [0.2, 0.25) is 0 Å². The first-order valence-corrected chi connectivity index (χ1v) is 10.2. The van der Waals surface area contributed by atoms with Crippen molar-refractivity contribution >= 4 is 33.7 Å². The maximum atomic E-state index is 5.43. The number of ether oxygens (including phenoxy) is 1. The van der Waals surface area contributed by atoms with Crippen molar-refractivity contribution in [2.45, 2.75) is 0 Å². The van der Waals surface area contributed by atoms with E-state index in [0.717, 1.165) is 54.2 Å². The van der Waals surface area contributed by atoms with Crippen LogP contribution in [0.2, 0.25) is 0 Å². The second-order valence-corrected chi connectivity index (χ2v) is 7.43. The molecule has 154 valence electrons. The lowest BCUT2D eigenvalue weighted by Crippen LogP contribution is -2.36. The number of fused-ring (bicyclic) bond motifs is 2. The lowest BCUT2D eigenvalue weighted by molar-refractivity contribution is 0.122. The molecule has 0 atom stereocenters. The molecule has 1 fully saturated rings. The third-order valence-electron chi connectivity index (χ3n) is 5.55. The first kappa shape index (κ1) is 17.8. The van der Waals surface area contributed by atoms with Crippen LogP contribution in [-0.2, 0) is 4.74 Å². The van der Waals surface area contributed by atoms with Gasteiger partial charge in [0.15, 0.2) is 11.5 Å². The van der Waals surface area contributed by atoms with Crippen molar-refractivity contribution in [2.75, 3.05) is 36.5 Å². The van der Waals surface area contributed by atoms with E-state index in [0.29, 0.717) is 11.5 Å². The number of H-pyrrole nitrogens is 1. The summed E-state index contributed by atoms with van der Waals surface area (Å²) in [5.74, 6) is 0.657. The van der Waals surface area contributed by atoms with Gasteiger partial charge in [-0.1, -0.05) is 6.07 Å². The number of aromatic amines is 1. The Hall–Kier alpha value is -3.98. The van der Waals surface area contributed by atoms with Gasteiger partial charge in [0, 0.05) is 35.4 Å². The number of hydrogen-bond acceptors (Lipinski definition) is 7. The van der Waals surface area contributed by atoms with E-state index in [1.54, 1.807) is 17.0 Å². The Morgan fingerprint density at radius 3 is 2.71 bits per heavy atom. The highest BCUT2D eigenvalue weighted by molar-refractivity contribution is 5.84. The maximum absolute atomic E-state index is 5.43. The van der Waals surface area contributed by atoms with Crippen molar-refractivity contribution in [3.05, 3.63) is 61.2 Å². The lowest BCUT2D eigenvalue weighted by Gasteiger charge is -2.28. The number of aromatic nitrogens is 6. The maximum Gasteiger partial charge on any atom is 0.199 e. The highest BCUT2D eigenvalue weighted by Crippen LogP contribution is 2.27. The van der Waals surface area contributed by atoms with Gasteiger partial charge in [0.25, 0.3) is 0 Å². The molecule has 0 bridgehead atoms. The Morgan fingerprint density at radius 2 is 1.84 bits per heavy atom. The van der Waals surface area contributed by atoms with E-state index < -0.39 is 0 Å². The number of nitrogens with zero attached hydrogens (tertiary/aromatic N) is 6. The van der Waals surface area contributed by atoms with Gasteiger partial charge in [0.05, 0.1) is 36.8 Å². The summed E-state index contributed by atoms with van der Waals surface area (Å²) in [7, 11) is 0. The summed E-state index contributed by atoms with van der Waals surface area (Å²) in [6.07, 6.45) is 5.16. The molecule has 9 heteroatoms. The Morgan fingerprint density at radius 1 is 0.968 bits per heavy atom. The number of benzene rings is 2. The van der Waals surface area contributed by atoms with E-state index in [-0.39, 0.29) is 0 Å². The third kappa shape index (κ3) is 3.24. The molecule has 0 saturated carbocycles. The molecule has 0 unspecified atom stereocenters. The quantitative estimate of drug-likeness (QED) is 0.468. The molecule has 1 saturated heterocycles. The largest absolute Gasteiger partial charge is 0.378 e. The van der Waals surface area contributed by atoms with Gasteiger partial charge in [-0.2, -0.15) is 10.2 Å². The molecule has 3 aromatic heterocycles. The van der Waals surface area contributed by atoms with Gasteiger partial charge in [-0.25, -0.2) is 14.5 Å². The van der Waals surface area contributed by atoms with Crippen molar-refractivity contribution in [3.63, 3.8) is 0 Å². The van der Waals surface area contributed by atoms with Gasteiger partial charge in [0.1, 0.15) is 6.33 Å². The highest BCUT2D eigenvalue weighted by atomic mass is 16.5. The highest BCUT2D eigenvalue weighted by Gasteiger charge is 2.14. The van der Waals surface area contributed by atoms with Crippen LogP contribution in [0.4, 0.5) is 17.2 Å². The minimum Gasteiger partial charge on any atom is -0.378 e. The van der Waals surface area contributed by atoms with Crippen LogP contribution in [0.15, 0.2) is 61.2 Å². The van der Waals surface area contributed by atoms with Crippen molar-refractivity contribution < 1.29 is 4.74 Å². The summed E-state index contributed by atoms with van der Waals surface area (Å²) in [6.45, 7) is 3.38. The van der Waals surface area contributed by atoms with E-state index in [9.17, 15) is 0 Å². The molecule has 0 amide bonds. The van der Waals surface area contributed by atoms with Gasteiger partial charge >= 0.3 is 0 Å². The smallest absolute Gasteiger partial charge is 0.199 e. The van der Waals surface area contributed by atoms with Crippen molar-refractivity contribution in [1.29, 1.82) is 0 Å². The average molecular weight is 412 g/mol. The first-order chi connectivity index (χ1) is 15.3. The van der Waals surface area contributed by atoms with Crippen LogP contribution in [0.3, 0.4) is 0 Å². The molecule has 0 aliphatic carbocycles. The van der Waals surface area contributed by atoms with E-state index in [1.807, 2.05) is 18.3 Å². The molecular weight excluding hydrogens is 392 g/mol. The first-order valence-electron chi connectivity index (χ1n) is 10.2. The fourth-order valence-corrected chi connectivity index (χ4v) is 3.92. The Balaban J connectivity index is 1.30. The van der Waals surface area contributed by atoms with Crippen LogP contribution in [0.5, 0.6) is 0 Å². The molecule has 4 heterocycles. The van der Waals surface area contributed by atoms with Crippen molar-refractivity contribution in [3.8, 4) is 11.3 Å². The van der Waals surface area contributed by atoms with E-state index >= 15 is 0 Å². The number of rotatable bonds is 4. The molecule has 0 spiro atoms. The predicted octanol–water partition coefficient (Wildman–Crippen LogP) is 3.25. The predicted molar refractivity (Wildman–Crippen MR) is 119 cm³/mol. The number of anilines is 3. The molecule has 9 nitrogen and oxygen atoms in total. The fraction of sp³-hybridized carbons (Fsp3) is 0.182. The fourth-order valence-electron chi connectivity index (χ4n) is 3.92. The molecule has 1 aliphatic heterocycles. The van der Waals surface area contributed by atoms with Crippen LogP contribution < -0.4 is 10.2 Å². The molecule has 5 aromatic rings. The standard InChI is InChI=1S/C22H20N8O/c1-6-19-16(12-25-28-19)11-15(1)20-13-23-21(22-24-14-26-30(20)22)27-17-2-4-18(5-3-17)29-7-9-31-10-8-29/h1-6,11-14H,7-10H2,(H,23,27)(H,25,28). The van der Waals surface area contributed by atoms with Crippen LogP contribution in [0.1, 0.15) is 0 Å².